The highest BCUT2D eigenvalue weighted by Gasteiger charge is 2.24. The lowest BCUT2D eigenvalue weighted by atomic mass is 10.1. The second-order valence-electron chi connectivity index (χ2n) is 7.90. The number of nitrogens with one attached hydrogen (secondary N) is 2. The van der Waals surface area contributed by atoms with Crippen LogP contribution in [0.15, 0.2) is 24.3 Å². The van der Waals surface area contributed by atoms with Gasteiger partial charge in [0.1, 0.15) is 0 Å². The predicted molar refractivity (Wildman–Crippen MR) is 119 cm³/mol. The van der Waals surface area contributed by atoms with E-state index < -0.39 is 5.97 Å². The summed E-state index contributed by atoms with van der Waals surface area (Å²) in [5.74, 6) is -1.01. The van der Waals surface area contributed by atoms with E-state index in [2.05, 4.69) is 33.2 Å². The van der Waals surface area contributed by atoms with Gasteiger partial charge in [0.25, 0.3) is 0 Å². The summed E-state index contributed by atoms with van der Waals surface area (Å²) in [6, 6.07) is 8.06. The lowest BCUT2D eigenvalue weighted by Gasteiger charge is -2.35. The first-order chi connectivity index (χ1) is 14.8. The fraction of sp³-hybridized carbons (Fsp3) is 0.435. The van der Waals surface area contributed by atoms with Gasteiger partial charge in [0.05, 0.1) is 24.8 Å². The molecule has 1 aromatic heterocycles. The van der Waals surface area contributed by atoms with Gasteiger partial charge in [-0.05, 0) is 31.2 Å². The fourth-order valence-electron chi connectivity index (χ4n) is 3.95. The number of nitrogens with zero attached hydrogens (tertiary/aromatic N) is 2. The second-order valence-corrected chi connectivity index (χ2v) is 7.90. The van der Waals surface area contributed by atoms with Crippen molar-refractivity contribution >= 4 is 23.3 Å². The summed E-state index contributed by atoms with van der Waals surface area (Å²) < 4.78 is 4.84. The molecule has 8 heteroatoms. The Kier molecular flexibility index (Phi) is 7.12. The molecule has 0 saturated carbocycles. The van der Waals surface area contributed by atoms with Gasteiger partial charge >= 0.3 is 5.97 Å². The number of aromatic nitrogens is 1. The van der Waals surface area contributed by atoms with Gasteiger partial charge in [-0.3, -0.25) is 9.59 Å². The summed E-state index contributed by atoms with van der Waals surface area (Å²) in [6.07, 6.45) is -0.0464. The Morgan fingerprint density at radius 2 is 1.81 bits per heavy atom. The summed E-state index contributed by atoms with van der Waals surface area (Å²) in [5, 5.41) is 2.94. The Morgan fingerprint density at radius 3 is 2.45 bits per heavy atom. The average Bonchev–Trinajstić information content (AvgIpc) is 3.08. The van der Waals surface area contributed by atoms with Crippen LogP contribution in [0.5, 0.6) is 0 Å². The highest BCUT2D eigenvalue weighted by Crippen LogP contribution is 2.23. The number of esters is 1. The number of hydrogen-bond donors (Lipinski definition) is 2. The van der Waals surface area contributed by atoms with Crippen LogP contribution >= 0.6 is 0 Å². The number of likely N-dealkylation sites (N-methyl/N-ethyl adjacent to an activating group) is 1. The molecular weight excluding hydrogens is 396 g/mol. The second kappa shape index (κ2) is 9.78. The lowest BCUT2D eigenvalue weighted by Crippen LogP contribution is -2.45. The van der Waals surface area contributed by atoms with Crippen LogP contribution in [0.1, 0.15) is 44.6 Å². The van der Waals surface area contributed by atoms with Crippen LogP contribution in [-0.2, 0) is 22.5 Å². The van der Waals surface area contributed by atoms with Crippen molar-refractivity contribution in [2.45, 2.75) is 26.8 Å². The van der Waals surface area contributed by atoms with E-state index >= 15 is 0 Å². The number of hydrogen-bond acceptors (Lipinski definition) is 6. The van der Waals surface area contributed by atoms with Gasteiger partial charge in [-0.15, -0.1) is 0 Å². The molecule has 0 bridgehead atoms. The van der Waals surface area contributed by atoms with Crippen LogP contribution in [0, 0.1) is 6.92 Å². The molecule has 0 spiro atoms. The van der Waals surface area contributed by atoms with Crippen LogP contribution in [-0.4, -0.2) is 67.9 Å². The Hall–Kier alpha value is -3.13. The predicted octanol–water partition coefficient (Wildman–Crippen LogP) is 1.92. The zero-order valence-electron chi connectivity index (χ0n) is 18.6. The summed E-state index contributed by atoms with van der Waals surface area (Å²) in [5.41, 5.74) is 3.63. The summed E-state index contributed by atoms with van der Waals surface area (Å²) in [6.45, 7) is 7.36. The third-order valence-electron chi connectivity index (χ3n) is 5.72. The molecule has 2 N–H and O–H groups in total. The zero-order valence-corrected chi connectivity index (χ0v) is 18.6. The van der Waals surface area contributed by atoms with E-state index in [4.69, 9.17) is 4.74 Å². The first-order valence-electron chi connectivity index (χ1n) is 10.4. The molecule has 0 unspecified atom stereocenters. The smallest absolute Gasteiger partial charge is 0.339 e. The molecule has 1 aliphatic heterocycles. The normalized spacial score (nSPS) is 14.4. The Labute approximate surface area is 182 Å². The van der Waals surface area contributed by atoms with Crippen molar-refractivity contribution in [3.8, 4) is 0 Å². The summed E-state index contributed by atoms with van der Waals surface area (Å²) in [7, 11) is 3.40. The lowest BCUT2D eigenvalue weighted by molar-refractivity contribution is -0.120. The van der Waals surface area contributed by atoms with E-state index in [-0.39, 0.29) is 23.7 Å². The van der Waals surface area contributed by atoms with Crippen LogP contribution in [0.2, 0.25) is 0 Å². The quantitative estimate of drug-likeness (QED) is 0.519. The fourth-order valence-corrected chi connectivity index (χ4v) is 3.95. The van der Waals surface area contributed by atoms with Gasteiger partial charge in [-0.25, -0.2) is 4.79 Å². The van der Waals surface area contributed by atoms with Gasteiger partial charge in [-0.2, -0.15) is 0 Å². The first kappa shape index (κ1) is 22.6. The number of benzene rings is 1. The molecule has 166 valence electrons. The molecule has 1 saturated heterocycles. The monoisotopic (exact) mass is 426 g/mol. The van der Waals surface area contributed by atoms with Crippen molar-refractivity contribution in [1.82, 2.24) is 15.2 Å². The molecule has 1 aromatic carbocycles. The number of piperazine rings is 1. The van der Waals surface area contributed by atoms with Crippen LogP contribution in [0.4, 0.5) is 5.69 Å². The molecule has 3 rings (SSSR count). The molecule has 0 radical (unpaired) electrons. The summed E-state index contributed by atoms with van der Waals surface area (Å²) in [4.78, 5) is 44.3. The number of ether oxygens (including phenoxy) is 1. The Bertz CT molecular complexity index is 974. The van der Waals surface area contributed by atoms with Crippen molar-refractivity contribution in [2.24, 2.45) is 0 Å². The number of H-pyrrole nitrogens is 1. The number of aromatic amines is 1. The minimum absolute atomic E-state index is 0.0464. The number of carbonyl (C=O) groups is 3. The maximum atomic E-state index is 12.7. The number of carbonyl (C=O) groups excluding carboxylic acids is 3. The number of ketones is 1. The SMILES string of the molecule is COC(=O)c1c(CC(=O)NCc2ccccc2N2CCN(C)CC2)[nH]c(C(C)=O)c1C. The van der Waals surface area contributed by atoms with Crippen molar-refractivity contribution in [2.75, 3.05) is 45.2 Å². The summed E-state index contributed by atoms with van der Waals surface area (Å²) >= 11 is 0. The minimum Gasteiger partial charge on any atom is -0.465 e. The molecule has 2 aromatic rings. The molecule has 2 heterocycles. The van der Waals surface area contributed by atoms with E-state index in [9.17, 15) is 14.4 Å². The number of amides is 1. The molecule has 0 aliphatic carbocycles. The topological polar surface area (TPSA) is 94.7 Å². The van der Waals surface area contributed by atoms with E-state index in [1.165, 1.54) is 14.0 Å². The van der Waals surface area contributed by atoms with E-state index in [1.54, 1.807) is 6.92 Å². The van der Waals surface area contributed by atoms with Crippen molar-refractivity contribution in [3.63, 3.8) is 0 Å². The Balaban J connectivity index is 1.71. The highest BCUT2D eigenvalue weighted by molar-refractivity contribution is 6.01. The molecule has 31 heavy (non-hydrogen) atoms. The van der Waals surface area contributed by atoms with E-state index in [1.807, 2.05) is 18.2 Å². The van der Waals surface area contributed by atoms with Crippen LogP contribution < -0.4 is 10.2 Å². The average molecular weight is 427 g/mol. The molecular formula is C23H30N4O4. The van der Waals surface area contributed by atoms with Gasteiger partial charge in [0.15, 0.2) is 5.78 Å². The number of Topliss-reactive ketones (excluding diaryl/α,β-unsaturated/α-hetero) is 1. The minimum atomic E-state index is -0.565. The molecule has 0 atom stereocenters. The number of para-hydroxylation sites is 1. The van der Waals surface area contributed by atoms with Crippen molar-refractivity contribution in [1.29, 1.82) is 0 Å². The standard InChI is InChI=1S/C23H30N4O4/c1-15-21(23(30)31-4)18(25-22(15)16(2)28)13-20(29)24-14-17-7-5-6-8-19(17)27-11-9-26(3)10-12-27/h5-8,25H,9-14H2,1-4H3,(H,24,29). The van der Waals surface area contributed by atoms with Gasteiger partial charge in [0.2, 0.25) is 5.91 Å². The van der Waals surface area contributed by atoms with Crippen molar-refractivity contribution in [3.05, 3.63) is 52.3 Å². The zero-order chi connectivity index (χ0) is 22.5. The van der Waals surface area contributed by atoms with Crippen LogP contribution in [0.3, 0.4) is 0 Å². The molecule has 1 aliphatic rings. The third-order valence-corrected chi connectivity index (χ3v) is 5.72. The van der Waals surface area contributed by atoms with E-state index in [0.29, 0.717) is 23.5 Å². The van der Waals surface area contributed by atoms with Gasteiger partial charge in [-0.1, -0.05) is 18.2 Å². The van der Waals surface area contributed by atoms with Crippen molar-refractivity contribution < 1.29 is 19.1 Å². The number of anilines is 1. The van der Waals surface area contributed by atoms with E-state index in [0.717, 1.165) is 37.4 Å². The largest absolute Gasteiger partial charge is 0.465 e. The number of rotatable bonds is 7. The maximum Gasteiger partial charge on any atom is 0.339 e. The van der Waals surface area contributed by atoms with Crippen LogP contribution in [0.25, 0.3) is 0 Å². The first-order valence-corrected chi connectivity index (χ1v) is 10.4. The maximum absolute atomic E-state index is 12.7. The third kappa shape index (κ3) is 5.14. The molecule has 1 fully saturated rings. The molecule has 1 amide bonds. The Morgan fingerprint density at radius 1 is 1.13 bits per heavy atom. The van der Waals surface area contributed by atoms with Gasteiger partial charge in [0, 0.05) is 51.0 Å². The number of methoxy groups -OCH3 is 1. The highest BCUT2D eigenvalue weighted by atomic mass is 16.5. The van der Waals surface area contributed by atoms with Gasteiger partial charge < -0.3 is 24.8 Å². The molecule has 8 nitrogen and oxygen atoms in total.